The van der Waals surface area contributed by atoms with E-state index in [0.29, 0.717) is 0 Å². The maximum Gasteiger partial charge on any atom is 0.0437 e. The predicted octanol–water partition coefficient (Wildman–Crippen LogP) is 3.15. The Hall–Kier alpha value is -0.0600. The van der Waals surface area contributed by atoms with E-state index in [1.807, 2.05) is 18.2 Å². The van der Waals surface area contributed by atoms with Gasteiger partial charge in [-0.2, -0.15) is 0 Å². The highest BCUT2D eigenvalue weighted by molar-refractivity contribution is 7.16. The second-order valence-corrected chi connectivity index (χ2v) is 3.47. The number of rotatable bonds is 3. The van der Waals surface area contributed by atoms with Crippen molar-refractivity contribution in [2.45, 2.75) is 12.8 Å². The van der Waals surface area contributed by atoms with Crippen LogP contribution in [-0.4, -0.2) is 6.16 Å². The number of benzene rings is 1. The molecule has 0 fully saturated rings. The Bertz CT molecular complexity index is 223. The monoisotopic (exact) mass is 186 g/mol. The van der Waals surface area contributed by atoms with Crippen LogP contribution in [0, 0.1) is 0 Å². The molecule has 2 heteroatoms. The van der Waals surface area contributed by atoms with Gasteiger partial charge in [-0.05, 0) is 30.6 Å². The Morgan fingerprint density at radius 2 is 2.00 bits per heavy atom. The van der Waals surface area contributed by atoms with Gasteiger partial charge in [0.25, 0.3) is 0 Å². The molecule has 0 N–H and O–H groups in total. The molecule has 0 spiro atoms. The lowest BCUT2D eigenvalue weighted by Crippen LogP contribution is -1.86. The molecule has 0 bridgehead atoms. The Morgan fingerprint density at radius 3 is 2.64 bits per heavy atom. The molecule has 0 saturated carbocycles. The Labute approximate surface area is 75.2 Å². The second-order valence-electron chi connectivity index (χ2n) is 2.48. The third kappa shape index (κ3) is 2.81. The summed E-state index contributed by atoms with van der Waals surface area (Å²) in [6.07, 6.45) is 3.42. The van der Waals surface area contributed by atoms with Gasteiger partial charge in [0.2, 0.25) is 0 Å². The van der Waals surface area contributed by atoms with Gasteiger partial charge in [-0.25, -0.2) is 0 Å². The summed E-state index contributed by atoms with van der Waals surface area (Å²) in [5.74, 6) is 0. The second kappa shape index (κ2) is 4.74. The summed E-state index contributed by atoms with van der Waals surface area (Å²) in [7, 11) is 2.72. The standard InChI is InChI=1S/C9H12ClP/c10-9-6-2-1-4-8(9)5-3-7-11/h1-2,4,6H,3,5,7,11H2. The Kier molecular flexibility index (Phi) is 3.90. The van der Waals surface area contributed by atoms with E-state index in [4.69, 9.17) is 11.6 Å². The number of aryl methyl sites for hydroxylation is 1. The lowest BCUT2D eigenvalue weighted by molar-refractivity contribution is 0.934. The minimum absolute atomic E-state index is 0.894. The fourth-order valence-electron chi connectivity index (χ4n) is 0.994. The van der Waals surface area contributed by atoms with Crippen LogP contribution in [0.25, 0.3) is 0 Å². The van der Waals surface area contributed by atoms with E-state index < -0.39 is 0 Å². The van der Waals surface area contributed by atoms with E-state index >= 15 is 0 Å². The van der Waals surface area contributed by atoms with E-state index in [0.717, 1.165) is 17.6 Å². The van der Waals surface area contributed by atoms with E-state index in [1.54, 1.807) is 0 Å². The van der Waals surface area contributed by atoms with Crippen LogP contribution in [0.3, 0.4) is 0 Å². The van der Waals surface area contributed by atoms with Crippen LogP contribution in [0.2, 0.25) is 5.02 Å². The van der Waals surface area contributed by atoms with Gasteiger partial charge in [0.05, 0.1) is 0 Å². The van der Waals surface area contributed by atoms with Gasteiger partial charge < -0.3 is 0 Å². The first-order valence-corrected chi connectivity index (χ1v) is 4.97. The van der Waals surface area contributed by atoms with Crippen LogP contribution in [0.1, 0.15) is 12.0 Å². The van der Waals surface area contributed by atoms with E-state index in [9.17, 15) is 0 Å². The smallest absolute Gasteiger partial charge is 0.0437 e. The van der Waals surface area contributed by atoms with Crippen molar-refractivity contribution >= 4 is 20.8 Å². The first-order chi connectivity index (χ1) is 5.34. The van der Waals surface area contributed by atoms with Crippen LogP contribution in [0.4, 0.5) is 0 Å². The molecule has 60 valence electrons. The molecular weight excluding hydrogens is 175 g/mol. The van der Waals surface area contributed by atoms with Gasteiger partial charge in [-0.15, -0.1) is 9.24 Å². The summed E-state index contributed by atoms with van der Waals surface area (Å²) < 4.78 is 0. The largest absolute Gasteiger partial charge is 0.138 e. The maximum absolute atomic E-state index is 5.95. The third-order valence-electron chi connectivity index (χ3n) is 1.61. The van der Waals surface area contributed by atoms with Gasteiger partial charge >= 0.3 is 0 Å². The first kappa shape index (κ1) is 9.03. The first-order valence-electron chi connectivity index (χ1n) is 3.78. The Morgan fingerprint density at radius 1 is 1.27 bits per heavy atom. The number of halogens is 1. The highest BCUT2D eigenvalue weighted by Crippen LogP contribution is 2.16. The molecule has 1 atom stereocenters. The van der Waals surface area contributed by atoms with Crippen LogP contribution >= 0.6 is 20.8 Å². The molecule has 1 aromatic carbocycles. The third-order valence-corrected chi connectivity index (χ3v) is 2.39. The van der Waals surface area contributed by atoms with Crippen molar-refractivity contribution in [1.29, 1.82) is 0 Å². The van der Waals surface area contributed by atoms with Crippen molar-refractivity contribution in [1.82, 2.24) is 0 Å². The SMILES string of the molecule is PCCCc1ccccc1Cl. The number of hydrogen-bond donors (Lipinski definition) is 0. The zero-order chi connectivity index (χ0) is 8.10. The lowest BCUT2D eigenvalue weighted by Gasteiger charge is -2.00. The van der Waals surface area contributed by atoms with Crippen molar-refractivity contribution in [2.75, 3.05) is 6.16 Å². The minimum Gasteiger partial charge on any atom is -0.138 e. The van der Waals surface area contributed by atoms with E-state index in [-0.39, 0.29) is 0 Å². The van der Waals surface area contributed by atoms with Gasteiger partial charge in [0.15, 0.2) is 0 Å². The molecular formula is C9H12ClP. The molecule has 0 radical (unpaired) electrons. The Balaban J connectivity index is 2.62. The summed E-state index contributed by atoms with van der Waals surface area (Å²) in [4.78, 5) is 0. The molecule has 11 heavy (non-hydrogen) atoms. The normalized spacial score (nSPS) is 10.0. The van der Waals surface area contributed by atoms with Crippen LogP contribution in [0.5, 0.6) is 0 Å². The lowest BCUT2D eigenvalue weighted by atomic mass is 10.1. The molecule has 0 aliphatic heterocycles. The molecule has 1 aromatic rings. The topological polar surface area (TPSA) is 0 Å². The van der Waals surface area contributed by atoms with Crippen molar-refractivity contribution in [3.05, 3.63) is 34.9 Å². The summed E-state index contributed by atoms with van der Waals surface area (Å²) >= 11 is 5.95. The predicted molar refractivity (Wildman–Crippen MR) is 54.4 cm³/mol. The molecule has 0 aliphatic carbocycles. The average molecular weight is 187 g/mol. The molecule has 1 rings (SSSR count). The molecule has 0 aliphatic rings. The fraction of sp³-hybridized carbons (Fsp3) is 0.333. The van der Waals surface area contributed by atoms with Crippen molar-refractivity contribution in [3.63, 3.8) is 0 Å². The van der Waals surface area contributed by atoms with Crippen molar-refractivity contribution in [3.8, 4) is 0 Å². The van der Waals surface area contributed by atoms with Crippen molar-refractivity contribution < 1.29 is 0 Å². The van der Waals surface area contributed by atoms with Gasteiger partial charge in [0.1, 0.15) is 0 Å². The van der Waals surface area contributed by atoms with Crippen LogP contribution in [-0.2, 0) is 6.42 Å². The average Bonchev–Trinajstić information content (AvgIpc) is 2.03. The number of hydrogen-bond acceptors (Lipinski definition) is 0. The highest BCUT2D eigenvalue weighted by atomic mass is 35.5. The highest BCUT2D eigenvalue weighted by Gasteiger charge is 1.96. The fourth-order valence-corrected chi connectivity index (χ4v) is 1.43. The summed E-state index contributed by atoms with van der Waals surface area (Å²) in [5, 5.41) is 0.894. The molecule has 0 amide bonds. The molecule has 0 nitrogen and oxygen atoms in total. The van der Waals surface area contributed by atoms with Gasteiger partial charge in [0, 0.05) is 5.02 Å². The summed E-state index contributed by atoms with van der Waals surface area (Å²) in [6, 6.07) is 8.03. The molecule has 0 saturated heterocycles. The zero-order valence-electron chi connectivity index (χ0n) is 6.39. The molecule has 1 unspecified atom stereocenters. The quantitative estimate of drug-likeness (QED) is 0.637. The summed E-state index contributed by atoms with van der Waals surface area (Å²) in [6.45, 7) is 0. The molecule has 0 aromatic heterocycles. The van der Waals surface area contributed by atoms with Gasteiger partial charge in [-0.3, -0.25) is 0 Å². The van der Waals surface area contributed by atoms with Crippen LogP contribution < -0.4 is 0 Å². The van der Waals surface area contributed by atoms with E-state index in [2.05, 4.69) is 15.3 Å². The minimum atomic E-state index is 0.894. The van der Waals surface area contributed by atoms with Crippen molar-refractivity contribution in [2.24, 2.45) is 0 Å². The summed E-state index contributed by atoms with van der Waals surface area (Å²) in [5.41, 5.74) is 1.26. The molecule has 0 heterocycles. The van der Waals surface area contributed by atoms with Crippen LogP contribution in [0.15, 0.2) is 24.3 Å². The zero-order valence-corrected chi connectivity index (χ0v) is 8.30. The van der Waals surface area contributed by atoms with Gasteiger partial charge in [-0.1, -0.05) is 29.8 Å². The maximum atomic E-state index is 5.95. The van der Waals surface area contributed by atoms with E-state index in [1.165, 1.54) is 12.0 Å².